The van der Waals surface area contributed by atoms with E-state index in [0.717, 1.165) is 78.3 Å². The number of aliphatic hydroxyl groups is 1. The number of thiazole rings is 1. The number of anilines is 3. The molecule has 2 unspecified atom stereocenters. The summed E-state index contributed by atoms with van der Waals surface area (Å²) < 4.78 is 0. The lowest BCUT2D eigenvalue weighted by molar-refractivity contribution is -0.145. The molecule has 3 amide bonds. The molecule has 18 heteroatoms. The molecule has 376 valence electrons. The number of aromatic nitrogens is 5. The van der Waals surface area contributed by atoms with Gasteiger partial charge in [0.1, 0.15) is 17.8 Å². The molecule has 5 atom stereocenters. The number of likely N-dealkylation sites (tertiary alicyclic amines) is 2. The van der Waals surface area contributed by atoms with Gasteiger partial charge in [0.15, 0.2) is 5.82 Å². The topological polar surface area (TPSA) is 219 Å². The summed E-state index contributed by atoms with van der Waals surface area (Å²) in [5, 5.41) is 35.7. The highest BCUT2D eigenvalue weighted by Crippen LogP contribution is 2.38. The zero-order valence-electron chi connectivity index (χ0n) is 41.7. The second kappa shape index (κ2) is 20.8. The molecule has 0 bridgehead atoms. The van der Waals surface area contributed by atoms with Crippen LogP contribution < -0.4 is 26.2 Å². The highest BCUT2D eigenvalue weighted by atomic mass is 32.1. The molecule has 9 rings (SSSR count). The molecule has 6 N–H and O–H groups in total. The molecule has 4 fully saturated rings. The van der Waals surface area contributed by atoms with Crippen LogP contribution in [0.25, 0.3) is 21.7 Å². The summed E-state index contributed by atoms with van der Waals surface area (Å²) in [5.41, 5.74) is 13.6. The minimum Gasteiger partial charge on any atom is -0.507 e. The normalized spacial score (nSPS) is 23.6. The number of piperazine rings is 1. The fourth-order valence-electron chi connectivity index (χ4n) is 11.0. The SMILES string of the molecule is Cc1ncsc1-c1ccc(CNC(=O)[C@@H]2C[C@@H](O)CN2C(=O)[C@@H](NC(=O)[C@H]2C[C@@H](CN3CCC(c4cnc(N5C(C)CN(c6cc(-c7ccccc7O)nnc6N)CC5C)nc4)CC3)C2)C(C)(C)C)cc1. The zero-order chi connectivity index (χ0) is 50.1. The van der Waals surface area contributed by atoms with E-state index in [1.165, 1.54) is 4.90 Å². The van der Waals surface area contributed by atoms with E-state index in [0.29, 0.717) is 47.9 Å². The zero-order valence-corrected chi connectivity index (χ0v) is 42.5. The lowest BCUT2D eigenvalue weighted by Gasteiger charge is -2.45. The molecule has 3 saturated heterocycles. The molecule has 3 aliphatic heterocycles. The van der Waals surface area contributed by atoms with E-state index >= 15 is 0 Å². The largest absolute Gasteiger partial charge is 0.507 e. The number of hydrogen-bond donors (Lipinski definition) is 5. The standard InChI is InChI=1S/C53H68N12O5S/c1-31-26-63(43-22-42(60-61-48(43)54)41-9-7-8-10-45(41)67)27-32(2)65(31)52-56-24-39(25-57-52)36-15-17-62(18-16-36)28-35-19-38(20-35)49(68)59-47(53(4,5)6)51(70)64-29-40(66)21-44(64)50(69)55-23-34-11-13-37(14-12-34)46-33(3)58-30-71-46/h7-14,22,24-25,30-32,35-36,38,40,44,47,66-67H,15-21,23,26-29H2,1-6H3,(H2,54,61)(H,55,69)(H,59,68)/t31?,32?,35-,38+,40-,44+,47-/m1/s1. The van der Waals surface area contributed by atoms with Gasteiger partial charge in [-0.2, -0.15) is 0 Å². The van der Waals surface area contributed by atoms with Crippen LogP contribution in [0.15, 0.2) is 72.5 Å². The quantitative estimate of drug-likeness (QED) is 0.0947. The van der Waals surface area contributed by atoms with Crippen LogP contribution in [0.1, 0.15) is 89.5 Å². The van der Waals surface area contributed by atoms with Crippen molar-refractivity contribution in [3.05, 3.63) is 89.3 Å². The second-order valence-corrected chi connectivity index (χ2v) is 22.2. The van der Waals surface area contributed by atoms with Crippen molar-refractivity contribution in [1.29, 1.82) is 0 Å². The maximum atomic E-state index is 14.2. The third-order valence-electron chi connectivity index (χ3n) is 15.0. The van der Waals surface area contributed by atoms with E-state index < -0.39 is 23.6 Å². The number of β-amino-alcohol motifs (C(OH)–C–C–N with tert-alkyl or cyclic N) is 1. The molecule has 0 spiro atoms. The summed E-state index contributed by atoms with van der Waals surface area (Å²) in [6.07, 6.45) is 6.85. The van der Waals surface area contributed by atoms with Crippen LogP contribution in [0.5, 0.6) is 5.75 Å². The number of phenolic OH excluding ortho intramolecular Hbond substituents is 1. The Labute approximate surface area is 420 Å². The van der Waals surface area contributed by atoms with Gasteiger partial charge in [0.25, 0.3) is 0 Å². The van der Waals surface area contributed by atoms with E-state index in [9.17, 15) is 24.6 Å². The van der Waals surface area contributed by atoms with Gasteiger partial charge in [-0.05, 0) is 112 Å². The number of para-hydroxylation sites is 1. The number of benzene rings is 2. The molecule has 5 aromatic rings. The number of piperidine rings is 1. The van der Waals surface area contributed by atoms with Crippen LogP contribution in [0, 0.1) is 24.2 Å². The molecule has 2 aromatic carbocycles. The molecule has 6 heterocycles. The Kier molecular flexibility index (Phi) is 14.6. The number of nitrogens with one attached hydrogen (secondary N) is 2. The number of phenols is 1. The Hall–Kier alpha value is -6.24. The smallest absolute Gasteiger partial charge is 0.246 e. The van der Waals surface area contributed by atoms with Crippen molar-refractivity contribution in [1.82, 2.24) is 45.6 Å². The van der Waals surface area contributed by atoms with Crippen molar-refractivity contribution in [2.75, 3.05) is 54.8 Å². The van der Waals surface area contributed by atoms with Crippen molar-refractivity contribution >= 4 is 46.5 Å². The van der Waals surface area contributed by atoms with Crippen LogP contribution in [-0.2, 0) is 20.9 Å². The lowest BCUT2D eigenvalue weighted by atomic mass is 9.73. The number of carbonyl (C=O) groups excluding carboxylic acids is 3. The fraction of sp³-hybridized carbons (Fsp3) is 0.509. The number of aliphatic hydroxyl groups excluding tert-OH is 1. The fourth-order valence-corrected chi connectivity index (χ4v) is 11.8. The Balaban J connectivity index is 0.722. The highest BCUT2D eigenvalue weighted by molar-refractivity contribution is 7.13. The average molecular weight is 985 g/mol. The third kappa shape index (κ3) is 11.0. The number of nitrogens with two attached hydrogens (primary N) is 1. The van der Waals surface area contributed by atoms with Crippen LogP contribution in [0.4, 0.5) is 17.5 Å². The van der Waals surface area contributed by atoms with Gasteiger partial charge in [-0.3, -0.25) is 14.4 Å². The molecular weight excluding hydrogens is 917 g/mol. The maximum absolute atomic E-state index is 14.2. The Morgan fingerprint density at radius 1 is 0.901 bits per heavy atom. The molecule has 17 nitrogen and oxygen atoms in total. The summed E-state index contributed by atoms with van der Waals surface area (Å²) in [4.78, 5) is 65.3. The summed E-state index contributed by atoms with van der Waals surface area (Å²) in [6, 6.07) is 15.4. The van der Waals surface area contributed by atoms with Crippen LogP contribution in [0.3, 0.4) is 0 Å². The van der Waals surface area contributed by atoms with Crippen molar-refractivity contribution in [3.63, 3.8) is 0 Å². The molecular formula is C53H68N12O5S. The van der Waals surface area contributed by atoms with Crippen molar-refractivity contribution < 1.29 is 24.6 Å². The monoisotopic (exact) mass is 985 g/mol. The van der Waals surface area contributed by atoms with Gasteiger partial charge in [-0.25, -0.2) is 15.0 Å². The maximum Gasteiger partial charge on any atom is 0.246 e. The summed E-state index contributed by atoms with van der Waals surface area (Å²) >= 11 is 1.59. The van der Waals surface area contributed by atoms with Gasteiger partial charge >= 0.3 is 0 Å². The minimum absolute atomic E-state index is 0.0353. The third-order valence-corrected chi connectivity index (χ3v) is 16.0. The number of carbonyl (C=O) groups is 3. The summed E-state index contributed by atoms with van der Waals surface area (Å²) in [7, 11) is 0. The number of hydrogen-bond acceptors (Lipinski definition) is 15. The van der Waals surface area contributed by atoms with E-state index in [-0.39, 0.29) is 61.0 Å². The molecule has 3 aromatic heterocycles. The van der Waals surface area contributed by atoms with Crippen molar-refractivity contribution in [3.8, 4) is 27.4 Å². The Bertz CT molecular complexity index is 2670. The number of amides is 3. The van der Waals surface area contributed by atoms with Crippen LogP contribution >= 0.6 is 11.3 Å². The van der Waals surface area contributed by atoms with Gasteiger partial charge in [-0.15, -0.1) is 21.5 Å². The molecule has 1 saturated carbocycles. The first-order valence-corrected chi connectivity index (χ1v) is 25.9. The minimum atomic E-state index is -0.853. The molecule has 0 radical (unpaired) electrons. The van der Waals surface area contributed by atoms with Crippen LogP contribution in [0.2, 0.25) is 0 Å². The van der Waals surface area contributed by atoms with Gasteiger partial charge < -0.3 is 46.2 Å². The number of nitrogens with zero attached hydrogens (tertiary/aromatic N) is 9. The predicted molar refractivity (Wildman–Crippen MR) is 275 cm³/mol. The first-order chi connectivity index (χ1) is 34.0. The number of nitrogen functional groups attached to an aromatic ring is 1. The van der Waals surface area contributed by atoms with E-state index in [4.69, 9.17) is 15.7 Å². The number of aryl methyl sites for hydroxylation is 1. The highest BCUT2D eigenvalue weighted by Gasteiger charge is 2.46. The Morgan fingerprint density at radius 3 is 2.24 bits per heavy atom. The second-order valence-electron chi connectivity index (χ2n) is 21.3. The van der Waals surface area contributed by atoms with Gasteiger partial charge in [0, 0.05) is 75.1 Å². The van der Waals surface area contributed by atoms with E-state index in [2.05, 4.69) is 54.4 Å². The first kappa shape index (κ1) is 49.7. The van der Waals surface area contributed by atoms with Gasteiger partial charge in [0.05, 0.1) is 33.6 Å². The average Bonchev–Trinajstić information content (AvgIpc) is 3.96. The Morgan fingerprint density at radius 2 is 1.59 bits per heavy atom. The summed E-state index contributed by atoms with van der Waals surface area (Å²) in [6.45, 7) is 16.6. The van der Waals surface area contributed by atoms with Crippen LogP contribution in [-0.4, -0.2) is 132 Å². The predicted octanol–water partition coefficient (Wildman–Crippen LogP) is 5.77. The van der Waals surface area contributed by atoms with Gasteiger partial charge in [0.2, 0.25) is 23.7 Å². The first-order valence-electron chi connectivity index (χ1n) is 25.1. The van der Waals surface area contributed by atoms with Crippen molar-refractivity contribution in [2.45, 2.75) is 116 Å². The van der Waals surface area contributed by atoms with E-state index in [1.54, 1.807) is 23.5 Å². The molecule has 4 aliphatic rings. The molecule has 1 aliphatic carbocycles. The van der Waals surface area contributed by atoms with E-state index in [1.807, 2.05) is 88.1 Å². The number of rotatable bonds is 13. The molecule has 71 heavy (non-hydrogen) atoms. The lowest BCUT2D eigenvalue weighted by Crippen LogP contribution is -2.59. The number of aromatic hydroxyl groups is 1. The van der Waals surface area contributed by atoms with Crippen molar-refractivity contribution in [2.24, 2.45) is 17.3 Å². The van der Waals surface area contributed by atoms with Gasteiger partial charge in [-0.1, -0.05) is 57.2 Å². The summed E-state index contributed by atoms with van der Waals surface area (Å²) in [5.74, 6) is 0.993.